The SMILES string of the molecule is CC(C)[C@H](N)C(=O)N(C)CC1CCCN(Cc2ccccc2)C1. The van der Waals surface area contributed by atoms with Gasteiger partial charge in [0.25, 0.3) is 0 Å². The van der Waals surface area contributed by atoms with Crippen LogP contribution in [0.3, 0.4) is 0 Å². The Balaban J connectivity index is 1.85. The average Bonchev–Trinajstić information content (AvgIpc) is 2.54. The van der Waals surface area contributed by atoms with Crippen LogP contribution in [0.2, 0.25) is 0 Å². The Morgan fingerprint density at radius 2 is 2.04 bits per heavy atom. The largest absolute Gasteiger partial charge is 0.344 e. The second-order valence-electron chi connectivity index (χ2n) is 7.22. The van der Waals surface area contributed by atoms with Crippen LogP contribution in [0.25, 0.3) is 0 Å². The Bertz CT molecular complexity index is 489. The molecule has 128 valence electrons. The third-order valence-corrected chi connectivity index (χ3v) is 4.76. The van der Waals surface area contributed by atoms with Gasteiger partial charge in [-0.15, -0.1) is 0 Å². The van der Waals surface area contributed by atoms with E-state index in [0.29, 0.717) is 5.92 Å². The molecule has 1 aromatic rings. The molecule has 2 atom stereocenters. The molecule has 1 fully saturated rings. The number of piperidine rings is 1. The zero-order valence-electron chi connectivity index (χ0n) is 14.7. The van der Waals surface area contributed by atoms with Crippen molar-refractivity contribution in [1.29, 1.82) is 0 Å². The molecule has 1 aromatic carbocycles. The van der Waals surface area contributed by atoms with Gasteiger partial charge in [-0.05, 0) is 36.8 Å². The number of rotatable bonds is 6. The molecule has 1 heterocycles. The molecule has 1 aliphatic rings. The molecule has 2 rings (SSSR count). The maximum absolute atomic E-state index is 12.3. The molecule has 1 unspecified atom stereocenters. The summed E-state index contributed by atoms with van der Waals surface area (Å²) in [4.78, 5) is 16.7. The van der Waals surface area contributed by atoms with Gasteiger partial charge in [-0.1, -0.05) is 44.2 Å². The van der Waals surface area contributed by atoms with Crippen molar-refractivity contribution in [2.24, 2.45) is 17.6 Å². The van der Waals surface area contributed by atoms with Crippen LogP contribution in [-0.4, -0.2) is 48.4 Å². The van der Waals surface area contributed by atoms with Gasteiger partial charge in [0, 0.05) is 26.7 Å². The van der Waals surface area contributed by atoms with E-state index in [2.05, 4.69) is 35.2 Å². The van der Waals surface area contributed by atoms with E-state index in [0.717, 1.165) is 26.2 Å². The second kappa shape index (κ2) is 8.46. The van der Waals surface area contributed by atoms with Crippen molar-refractivity contribution in [2.45, 2.75) is 39.3 Å². The highest BCUT2D eigenvalue weighted by atomic mass is 16.2. The van der Waals surface area contributed by atoms with Crippen LogP contribution in [0.15, 0.2) is 30.3 Å². The van der Waals surface area contributed by atoms with E-state index < -0.39 is 0 Å². The topological polar surface area (TPSA) is 49.6 Å². The van der Waals surface area contributed by atoms with Gasteiger partial charge in [-0.3, -0.25) is 9.69 Å². The fourth-order valence-corrected chi connectivity index (χ4v) is 3.30. The maximum Gasteiger partial charge on any atom is 0.239 e. The molecule has 0 bridgehead atoms. The summed E-state index contributed by atoms with van der Waals surface area (Å²) in [6.45, 7) is 8.01. The van der Waals surface area contributed by atoms with Crippen molar-refractivity contribution < 1.29 is 4.79 Å². The van der Waals surface area contributed by atoms with Crippen molar-refractivity contribution >= 4 is 5.91 Å². The molecule has 4 nitrogen and oxygen atoms in total. The Morgan fingerprint density at radius 3 is 2.70 bits per heavy atom. The first-order valence-electron chi connectivity index (χ1n) is 8.74. The minimum atomic E-state index is -0.385. The molecule has 0 radical (unpaired) electrons. The number of amides is 1. The lowest BCUT2D eigenvalue weighted by Crippen LogP contribution is -2.48. The predicted molar refractivity (Wildman–Crippen MR) is 94.9 cm³/mol. The van der Waals surface area contributed by atoms with Gasteiger partial charge in [0.05, 0.1) is 6.04 Å². The molecule has 1 amide bonds. The fraction of sp³-hybridized carbons (Fsp3) is 0.632. The lowest BCUT2D eigenvalue weighted by molar-refractivity contribution is -0.133. The Kier molecular flexibility index (Phi) is 6.60. The molecule has 0 aromatic heterocycles. The smallest absolute Gasteiger partial charge is 0.239 e. The van der Waals surface area contributed by atoms with Gasteiger partial charge in [-0.2, -0.15) is 0 Å². The van der Waals surface area contributed by atoms with E-state index in [-0.39, 0.29) is 17.9 Å². The molecule has 0 aliphatic carbocycles. The molecule has 1 aliphatic heterocycles. The molecule has 4 heteroatoms. The van der Waals surface area contributed by atoms with Crippen LogP contribution in [0.4, 0.5) is 0 Å². The average molecular weight is 317 g/mol. The zero-order chi connectivity index (χ0) is 16.8. The number of hydrogen-bond acceptors (Lipinski definition) is 3. The van der Waals surface area contributed by atoms with Crippen LogP contribution in [0, 0.1) is 11.8 Å². The summed E-state index contributed by atoms with van der Waals surface area (Å²) in [5.41, 5.74) is 7.35. The number of nitrogens with two attached hydrogens (primary N) is 1. The van der Waals surface area contributed by atoms with Crippen molar-refractivity contribution in [2.75, 3.05) is 26.7 Å². The number of hydrogen-bond donors (Lipinski definition) is 1. The summed E-state index contributed by atoms with van der Waals surface area (Å²) in [7, 11) is 1.89. The first-order chi connectivity index (χ1) is 11.0. The summed E-state index contributed by atoms with van der Waals surface area (Å²) in [5, 5.41) is 0. The third-order valence-electron chi connectivity index (χ3n) is 4.76. The van der Waals surface area contributed by atoms with Gasteiger partial charge >= 0.3 is 0 Å². The second-order valence-corrected chi connectivity index (χ2v) is 7.22. The van der Waals surface area contributed by atoms with Crippen LogP contribution in [0.5, 0.6) is 0 Å². The van der Waals surface area contributed by atoms with Crippen LogP contribution < -0.4 is 5.73 Å². The highest BCUT2D eigenvalue weighted by Crippen LogP contribution is 2.19. The predicted octanol–water partition coefficient (Wildman–Crippen LogP) is 2.34. The standard InChI is InChI=1S/C19H31N3O/c1-15(2)18(20)19(23)21(3)12-17-10-7-11-22(14-17)13-16-8-5-4-6-9-16/h4-6,8-9,15,17-18H,7,10-14,20H2,1-3H3/t17?,18-/m0/s1. The van der Waals surface area contributed by atoms with Crippen molar-refractivity contribution in [1.82, 2.24) is 9.80 Å². The molecular formula is C19H31N3O. The van der Waals surface area contributed by atoms with Gasteiger partial charge in [0.2, 0.25) is 5.91 Å². The van der Waals surface area contributed by atoms with E-state index in [1.54, 1.807) is 0 Å². The number of likely N-dealkylation sites (N-methyl/N-ethyl adjacent to an activating group) is 1. The summed E-state index contributed by atoms with van der Waals surface area (Å²) in [6.07, 6.45) is 2.40. The number of nitrogens with zero attached hydrogens (tertiary/aromatic N) is 2. The van der Waals surface area contributed by atoms with E-state index in [9.17, 15) is 4.79 Å². The van der Waals surface area contributed by atoms with E-state index in [4.69, 9.17) is 5.73 Å². The Morgan fingerprint density at radius 1 is 1.35 bits per heavy atom. The Hall–Kier alpha value is -1.39. The molecule has 2 N–H and O–H groups in total. The van der Waals surface area contributed by atoms with Crippen molar-refractivity contribution in [3.05, 3.63) is 35.9 Å². The fourth-order valence-electron chi connectivity index (χ4n) is 3.30. The maximum atomic E-state index is 12.3. The zero-order valence-corrected chi connectivity index (χ0v) is 14.7. The van der Waals surface area contributed by atoms with E-state index in [1.165, 1.54) is 18.4 Å². The lowest BCUT2D eigenvalue weighted by Gasteiger charge is -2.35. The highest BCUT2D eigenvalue weighted by Gasteiger charge is 2.26. The summed E-state index contributed by atoms with van der Waals surface area (Å²) in [5.74, 6) is 0.798. The molecule has 1 saturated heterocycles. The van der Waals surface area contributed by atoms with Gasteiger partial charge in [0.1, 0.15) is 0 Å². The van der Waals surface area contributed by atoms with Gasteiger partial charge in [-0.25, -0.2) is 0 Å². The number of carbonyl (C=O) groups excluding carboxylic acids is 1. The molecular weight excluding hydrogens is 286 g/mol. The van der Waals surface area contributed by atoms with Crippen LogP contribution in [-0.2, 0) is 11.3 Å². The van der Waals surface area contributed by atoms with E-state index in [1.807, 2.05) is 25.8 Å². The third kappa shape index (κ3) is 5.33. The van der Waals surface area contributed by atoms with Gasteiger partial charge < -0.3 is 10.6 Å². The normalized spacial score (nSPS) is 20.5. The van der Waals surface area contributed by atoms with Crippen molar-refractivity contribution in [3.63, 3.8) is 0 Å². The first kappa shape index (κ1) is 18.0. The minimum Gasteiger partial charge on any atom is -0.344 e. The first-order valence-corrected chi connectivity index (χ1v) is 8.74. The summed E-state index contributed by atoms with van der Waals surface area (Å²) < 4.78 is 0. The lowest BCUT2D eigenvalue weighted by atomic mass is 9.96. The van der Waals surface area contributed by atoms with Crippen LogP contribution >= 0.6 is 0 Å². The molecule has 0 spiro atoms. The molecule has 0 saturated carbocycles. The number of benzene rings is 1. The van der Waals surface area contributed by atoms with E-state index >= 15 is 0 Å². The summed E-state index contributed by atoms with van der Waals surface area (Å²) in [6, 6.07) is 10.2. The summed E-state index contributed by atoms with van der Waals surface area (Å²) >= 11 is 0. The quantitative estimate of drug-likeness (QED) is 0.876. The van der Waals surface area contributed by atoms with Crippen molar-refractivity contribution in [3.8, 4) is 0 Å². The van der Waals surface area contributed by atoms with Crippen LogP contribution in [0.1, 0.15) is 32.3 Å². The minimum absolute atomic E-state index is 0.0696. The Labute approximate surface area is 140 Å². The highest BCUT2D eigenvalue weighted by molar-refractivity contribution is 5.81. The van der Waals surface area contributed by atoms with Gasteiger partial charge in [0.15, 0.2) is 0 Å². The molecule has 23 heavy (non-hydrogen) atoms. The monoisotopic (exact) mass is 317 g/mol. The number of likely N-dealkylation sites (tertiary alicyclic amines) is 1. The number of carbonyl (C=O) groups is 1.